The van der Waals surface area contributed by atoms with Crippen molar-refractivity contribution in [3.05, 3.63) is 23.5 Å². The first-order valence-electron chi connectivity index (χ1n) is 7.22. The Labute approximate surface area is 129 Å². The van der Waals surface area contributed by atoms with Gasteiger partial charge in [-0.1, -0.05) is 0 Å². The first-order valence-corrected chi connectivity index (χ1v) is 7.22. The smallest absolute Gasteiger partial charge is 0.410 e. The van der Waals surface area contributed by atoms with Crippen molar-refractivity contribution in [1.29, 1.82) is 0 Å². The van der Waals surface area contributed by atoms with Crippen molar-refractivity contribution in [2.24, 2.45) is 0 Å². The number of aromatic amines is 1. The quantitative estimate of drug-likeness (QED) is 0.777. The maximum atomic E-state index is 12.0. The largest absolute Gasteiger partial charge is 0.444 e. The Bertz CT molecular complexity index is 568. The summed E-state index contributed by atoms with van der Waals surface area (Å²) >= 11 is 0. The number of rotatable bonds is 3. The number of aryl methyl sites for hydroxylation is 1. The van der Waals surface area contributed by atoms with Gasteiger partial charge in [-0.05, 0) is 33.3 Å². The van der Waals surface area contributed by atoms with Crippen LogP contribution in [0.1, 0.15) is 36.7 Å². The summed E-state index contributed by atoms with van der Waals surface area (Å²) in [7, 11) is 0. The van der Waals surface area contributed by atoms with Crippen LogP contribution >= 0.6 is 0 Å². The number of hydrogen-bond donors (Lipinski definition) is 3. The number of hydrogen-bond acceptors (Lipinski definition) is 4. The third-order valence-corrected chi connectivity index (χ3v) is 3.40. The van der Waals surface area contributed by atoms with E-state index in [1.54, 1.807) is 33.2 Å². The Morgan fingerprint density at radius 2 is 2.05 bits per heavy atom. The number of likely N-dealkylation sites (tertiary alicyclic amines) is 1. The van der Waals surface area contributed by atoms with Gasteiger partial charge in [-0.2, -0.15) is 0 Å². The fourth-order valence-corrected chi connectivity index (χ4v) is 2.26. The summed E-state index contributed by atoms with van der Waals surface area (Å²) < 4.78 is 5.22. The van der Waals surface area contributed by atoms with Crippen molar-refractivity contribution >= 4 is 12.0 Å². The highest BCUT2D eigenvalue weighted by atomic mass is 16.6. The molecule has 22 heavy (non-hydrogen) atoms. The highest BCUT2D eigenvalue weighted by molar-refractivity contribution is 5.95. The number of β-amino-alcohol motifs (C(OH)–C–C–N with tert-alkyl or cyclic N) is 1. The van der Waals surface area contributed by atoms with Gasteiger partial charge in [0.25, 0.3) is 5.91 Å². The van der Waals surface area contributed by atoms with Gasteiger partial charge in [0.1, 0.15) is 11.2 Å². The number of nitrogens with one attached hydrogen (secondary N) is 2. The molecule has 0 bridgehead atoms. The lowest BCUT2D eigenvalue weighted by atomic mass is 9.94. The van der Waals surface area contributed by atoms with Crippen LogP contribution in [0, 0.1) is 6.92 Å². The lowest BCUT2D eigenvalue weighted by Gasteiger charge is -2.46. The van der Waals surface area contributed by atoms with Crippen LogP contribution in [0.2, 0.25) is 0 Å². The molecule has 1 saturated heterocycles. The van der Waals surface area contributed by atoms with E-state index in [0.717, 1.165) is 5.56 Å². The molecule has 2 rings (SSSR count). The minimum Gasteiger partial charge on any atom is -0.444 e. The lowest BCUT2D eigenvalue weighted by molar-refractivity contribution is -0.0948. The van der Waals surface area contributed by atoms with E-state index in [2.05, 4.69) is 10.3 Å². The average Bonchev–Trinajstić information content (AvgIpc) is 2.76. The molecule has 0 aliphatic carbocycles. The molecule has 1 aliphatic heterocycles. The number of H-pyrrole nitrogens is 1. The molecule has 0 radical (unpaired) electrons. The number of ether oxygens (including phenoxy) is 1. The summed E-state index contributed by atoms with van der Waals surface area (Å²) in [6.07, 6.45) is 2.89. The molecule has 7 heteroatoms. The van der Waals surface area contributed by atoms with Gasteiger partial charge >= 0.3 is 6.09 Å². The van der Waals surface area contributed by atoms with Crippen molar-refractivity contribution in [3.63, 3.8) is 0 Å². The molecule has 3 N–H and O–H groups in total. The van der Waals surface area contributed by atoms with E-state index < -0.39 is 17.3 Å². The number of carbonyl (C=O) groups excluding carboxylic acids is 2. The van der Waals surface area contributed by atoms with E-state index in [9.17, 15) is 14.7 Å². The second-order valence-corrected chi connectivity index (χ2v) is 6.80. The molecular weight excluding hydrogens is 286 g/mol. The minimum absolute atomic E-state index is 0.0930. The molecule has 1 aromatic heterocycles. The first-order chi connectivity index (χ1) is 10.1. The van der Waals surface area contributed by atoms with Crippen molar-refractivity contribution in [2.45, 2.75) is 38.9 Å². The predicted octanol–water partition coefficient (Wildman–Crippen LogP) is 1.03. The van der Waals surface area contributed by atoms with Crippen molar-refractivity contribution in [1.82, 2.24) is 15.2 Å². The maximum Gasteiger partial charge on any atom is 0.410 e. The Balaban J connectivity index is 1.80. The van der Waals surface area contributed by atoms with Crippen LogP contribution in [-0.4, -0.2) is 57.8 Å². The second kappa shape index (κ2) is 5.64. The molecule has 7 nitrogen and oxygen atoms in total. The zero-order valence-corrected chi connectivity index (χ0v) is 13.4. The van der Waals surface area contributed by atoms with Crippen molar-refractivity contribution in [3.8, 4) is 0 Å². The molecule has 0 saturated carbocycles. The van der Waals surface area contributed by atoms with Crippen LogP contribution < -0.4 is 5.32 Å². The summed E-state index contributed by atoms with van der Waals surface area (Å²) in [6, 6.07) is 0. The summed E-state index contributed by atoms with van der Waals surface area (Å²) in [5.41, 5.74) is -0.276. The number of amides is 2. The van der Waals surface area contributed by atoms with Crippen molar-refractivity contribution < 1.29 is 19.4 Å². The molecular formula is C15H23N3O4. The Morgan fingerprint density at radius 3 is 2.55 bits per heavy atom. The van der Waals surface area contributed by atoms with E-state index >= 15 is 0 Å². The molecule has 2 amide bonds. The van der Waals surface area contributed by atoms with Crippen LogP contribution in [0.4, 0.5) is 4.79 Å². The summed E-state index contributed by atoms with van der Waals surface area (Å²) in [6.45, 7) is 7.58. The minimum atomic E-state index is -1.10. The highest BCUT2D eigenvalue weighted by Gasteiger charge is 2.45. The van der Waals surface area contributed by atoms with Gasteiger partial charge in [0.15, 0.2) is 0 Å². The van der Waals surface area contributed by atoms with Gasteiger partial charge in [-0.25, -0.2) is 4.79 Å². The summed E-state index contributed by atoms with van der Waals surface area (Å²) in [5, 5.41) is 13.0. The molecule has 0 unspecified atom stereocenters. The number of carbonyl (C=O) groups is 2. The van der Waals surface area contributed by atoms with E-state index in [4.69, 9.17) is 4.74 Å². The van der Waals surface area contributed by atoms with E-state index in [-0.39, 0.29) is 25.5 Å². The molecule has 1 aliphatic rings. The van der Waals surface area contributed by atoms with Crippen LogP contribution in [-0.2, 0) is 4.74 Å². The SMILES string of the molecule is Cc1c[nH]cc1C(=O)NCC1(O)CN(C(=O)OC(C)(C)C)C1. The van der Waals surface area contributed by atoms with Crippen LogP contribution in [0.15, 0.2) is 12.4 Å². The van der Waals surface area contributed by atoms with Crippen LogP contribution in [0.5, 0.6) is 0 Å². The topological polar surface area (TPSA) is 94.7 Å². The average molecular weight is 309 g/mol. The molecule has 1 fully saturated rings. The zero-order valence-electron chi connectivity index (χ0n) is 13.4. The standard InChI is InChI=1S/C15H23N3O4/c1-10-5-16-6-11(10)12(19)17-7-15(21)8-18(9-15)13(20)22-14(2,3)4/h5-6,16,21H,7-9H2,1-4H3,(H,17,19). The van der Waals surface area contributed by atoms with Gasteiger partial charge in [-0.15, -0.1) is 0 Å². The van der Waals surface area contributed by atoms with Gasteiger partial charge in [0.05, 0.1) is 25.2 Å². The van der Waals surface area contributed by atoms with Crippen LogP contribution in [0.25, 0.3) is 0 Å². The van der Waals surface area contributed by atoms with E-state index in [1.165, 1.54) is 4.90 Å². The fraction of sp³-hybridized carbons (Fsp3) is 0.600. The Hall–Kier alpha value is -2.02. The van der Waals surface area contributed by atoms with Crippen molar-refractivity contribution in [2.75, 3.05) is 19.6 Å². The Kier molecular flexibility index (Phi) is 4.19. The third kappa shape index (κ3) is 3.79. The summed E-state index contributed by atoms with van der Waals surface area (Å²) in [5.74, 6) is -0.247. The monoisotopic (exact) mass is 309 g/mol. The fourth-order valence-electron chi connectivity index (χ4n) is 2.26. The second-order valence-electron chi connectivity index (χ2n) is 6.80. The normalized spacial score (nSPS) is 16.9. The Morgan fingerprint density at radius 1 is 1.41 bits per heavy atom. The maximum absolute atomic E-state index is 12.0. The third-order valence-electron chi connectivity index (χ3n) is 3.40. The van der Waals surface area contributed by atoms with Gasteiger partial charge in [0, 0.05) is 12.4 Å². The predicted molar refractivity (Wildman–Crippen MR) is 80.6 cm³/mol. The number of aromatic nitrogens is 1. The molecule has 1 aromatic rings. The number of nitrogens with zero attached hydrogens (tertiary/aromatic N) is 1. The van der Waals surface area contributed by atoms with Gasteiger partial charge < -0.3 is 25.0 Å². The van der Waals surface area contributed by atoms with Gasteiger partial charge in [0.2, 0.25) is 0 Å². The van der Waals surface area contributed by atoms with Crippen LogP contribution in [0.3, 0.4) is 0 Å². The lowest BCUT2D eigenvalue weighted by Crippen LogP contribution is -2.68. The molecule has 0 aromatic carbocycles. The highest BCUT2D eigenvalue weighted by Crippen LogP contribution is 2.23. The molecule has 2 heterocycles. The summed E-state index contributed by atoms with van der Waals surface area (Å²) in [4.78, 5) is 28.0. The first kappa shape index (κ1) is 16.4. The van der Waals surface area contributed by atoms with E-state index in [1.807, 2.05) is 6.92 Å². The number of aliphatic hydroxyl groups is 1. The van der Waals surface area contributed by atoms with Gasteiger partial charge in [-0.3, -0.25) is 4.79 Å². The molecule has 122 valence electrons. The molecule has 0 spiro atoms. The van der Waals surface area contributed by atoms with E-state index in [0.29, 0.717) is 5.56 Å². The zero-order chi connectivity index (χ0) is 16.5. The molecule has 0 atom stereocenters.